The second-order valence-electron chi connectivity index (χ2n) is 5.74. The van der Waals surface area contributed by atoms with Crippen LogP contribution in [-0.2, 0) is 17.8 Å². The van der Waals surface area contributed by atoms with Crippen molar-refractivity contribution in [3.8, 4) is 0 Å². The summed E-state index contributed by atoms with van der Waals surface area (Å²) < 4.78 is 2.08. The maximum absolute atomic E-state index is 12.8. The fourth-order valence-electron chi connectivity index (χ4n) is 2.99. The number of fused-ring (bicyclic) bond motifs is 1. The number of nitrogens with one attached hydrogen (secondary N) is 1. The SMILES string of the molecule is CCc1nc2ccccc2n1C(CC)C(=O)NCc1cccnc1. The fraction of sp³-hybridized carbons (Fsp3) is 0.316. The third kappa shape index (κ3) is 3.15. The van der Waals surface area contributed by atoms with Gasteiger partial charge in [0.15, 0.2) is 0 Å². The first kappa shape index (κ1) is 16.2. The number of carbonyl (C=O) groups is 1. The second kappa shape index (κ2) is 7.25. The van der Waals surface area contributed by atoms with Crippen LogP contribution in [0.4, 0.5) is 0 Å². The van der Waals surface area contributed by atoms with Gasteiger partial charge in [-0.05, 0) is 30.2 Å². The van der Waals surface area contributed by atoms with Gasteiger partial charge in [-0.3, -0.25) is 9.78 Å². The molecule has 1 unspecified atom stereocenters. The van der Waals surface area contributed by atoms with Crippen LogP contribution in [0.1, 0.15) is 37.7 Å². The van der Waals surface area contributed by atoms with E-state index in [1.54, 1.807) is 12.4 Å². The number of benzene rings is 1. The number of aromatic nitrogens is 3. The van der Waals surface area contributed by atoms with Gasteiger partial charge in [0.1, 0.15) is 11.9 Å². The number of imidazole rings is 1. The predicted octanol–water partition coefficient (Wildman–Crippen LogP) is 3.26. The Morgan fingerprint density at radius 1 is 1.21 bits per heavy atom. The molecule has 2 heterocycles. The number of nitrogens with zero attached hydrogens (tertiary/aromatic N) is 3. The molecular formula is C19H22N4O. The minimum Gasteiger partial charge on any atom is -0.350 e. The molecule has 1 amide bonds. The minimum atomic E-state index is -0.260. The number of para-hydroxylation sites is 2. The van der Waals surface area contributed by atoms with Gasteiger partial charge < -0.3 is 9.88 Å². The maximum atomic E-state index is 12.8. The highest BCUT2D eigenvalue weighted by molar-refractivity contribution is 5.84. The second-order valence-corrected chi connectivity index (χ2v) is 5.74. The van der Waals surface area contributed by atoms with Crippen LogP contribution in [-0.4, -0.2) is 20.4 Å². The Hall–Kier alpha value is -2.69. The standard InChI is InChI=1S/C19H22N4O/c1-3-16(19(24)21-13-14-8-7-11-20-12-14)23-17-10-6-5-9-15(17)22-18(23)4-2/h5-12,16H,3-4,13H2,1-2H3,(H,21,24). The van der Waals surface area contributed by atoms with E-state index >= 15 is 0 Å². The first-order valence-corrected chi connectivity index (χ1v) is 8.37. The maximum Gasteiger partial charge on any atom is 0.243 e. The highest BCUT2D eigenvalue weighted by Gasteiger charge is 2.23. The van der Waals surface area contributed by atoms with E-state index in [-0.39, 0.29) is 11.9 Å². The molecule has 3 aromatic rings. The van der Waals surface area contributed by atoms with Crippen molar-refractivity contribution in [2.75, 3.05) is 0 Å². The number of rotatable bonds is 6. The molecule has 0 saturated carbocycles. The smallest absolute Gasteiger partial charge is 0.243 e. The van der Waals surface area contributed by atoms with Gasteiger partial charge in [-0.2, -0.15) is 0 Å². The van der Waals surface area contributed by atoms with Gasteiger partial charge in [0.25, 0.3) is 0 Å². The average Bonchev–Trinajstić information content (AvgIpc) is 3.00. The van der Waals surface area contributed by atoms with Crippen LogP contribution in [0.25, 0.3) is 11.0 Å². The molecule has 0 aliphatic rings. The van der Waals surface area contributed by atoms with Crippen LogP contribution in [0, 0.1) is 0 Å². The van der Waals surface area contributed by atoms with E-state index in [0.717, 1.165) is 28.8 Å². The van der Waals surface area contributed by atoms with Crippen LogP contribution in [0.2, 0.25) is 0 Å². The molecule has 0 fully saturated rings. The zero-order valence-electron chi connectivity index (χ0n) is 14.1. The molecular weight excluding hydrogens is 300 g/mol. The van der Waals surface area contributed by atoms with Crippen LogP contribution in [0.5, 0.6) is 0 Å². The van der Waals surface area contributed by atoms with Crippen LogP contribution < -0.4 is 5.32 Å². The van der Waals surface area contributed by atoms with E-state index < -0.39 is 0 Å². The van der Waals surface area contributed by atoms with Crippen molar-refractivity contribution in [3.63, 3.8) is 0 Å². The zero-order chi connectivity index (χ0) is 16.9. The van der Waals surface area contributed by atoms with Gasteiger partial charge in [-0.15, -0.1) is 0 Å². The first-order valence-electron chi connectivity index (χ1n) is 8.37. The number of hydrogen-bond acceptors (Lipinski definition) is 3. The van der Waals surface area contributed by atoms with Crippen molar-refractivity contribution in [1.29, 1.82) is 0 Å². The average molecular weight is 322 g/mol. The topological polar surface area (TPSA) is 59.8 Å². The molecule has 0 spiro atoms. The molecule has 24 heavy (non-hydrogen) atoms. The van der Waals surface area contributed by atoms with E-state index in [0.29, 0.717) is 13.0 Å². The Morgan fingerprint density at radius 3 is 2.75 bits per heavy atom. The molecule has 0 saturated heterocycles. The normalized spacial score (nSPS) is 12.2. The zero-order valence-corrected chi connectivity index (χ0v) is 14.1. The van der Waals surface area contributed by atoms with E-state index in [9.17, 15) is 4.79 Å². The lowest BCUT2D eigenvalue weighted by molar-refractivity contribution is -0.124. The summed E-state index contributed by atoms with van der Waals surface area (Å²) in [6.07, 6.45) is 5.00. The molecule has 0 radical (unpaired) electrons. The summed E-state index contributed by atoms with van der Waals surface area (Å²) in [6, 6.07) is 11.5. The summed E-state index contributed by atoms with van der Waals surface area (Å²) in [5.74, 6) is 0.957. The molecule has 1 atom stereocenters. The number of carbonyl (C=O) groups excluding carboxylic acids is 1. The summed E-state index contributed by atoms with van der Waals surface area (Å²) >= 11 is 0. The summed E-state index contributed by atoms with van der Waals surface area (Å²) in [6.45, 7) is 4.58. The Labute approximate surface area is 141 Å². The number of pyridine rings is 1. The van der Waals surface area contributed by atoms with Crippen LogP contribution in [0.3, 0.4) is 0 Å². The molecule has 5 heteroatoms. The van der Waals surface area contributed by atoms with E-state index in [1.807, 2.05) is 43.3 Å². The quantitative estimate of drug-likeness (QED) is 0.758. The molecule has 3 rings (SSSR count). The fourth-order valence-corrected chi connectivity index (χ4v) is 2.99. The third-order valence-corrected chi connectivity index (χ3v) is 4.18. The van der Waals surface area contributed by atoms with Crippen LogP contribution in [0.15, 0.2) is 48.8 Å². The van der Waals surface area contributed by atoms with Crippen LogP contribution >= 0.6 is 0 Å². The minimum absolute atomic E-state index is 0.0132. The first-order chi connectivity index (χ1) is 11.7. The molecule has 0 aliphatic carbocycles. The van der Waals surface area contributed by atoms with Crippen molar-refractivity contribution in [2.24, 2.45) is 0 Å². The lowest BCUT2D eigenvalue weighted by Crippen LogP contribution is -2.32. The van der Waals surface area contributed by atoms with Crippen molar-refractivity contribution in [3.05, 3.63) is 60.2 Å². The lowest BCUT2D eigenvalue weighted by atomic mass is 10.1. The predicted molar refractivity (Wildman–Crippen MR) is 94.5 cm³/mol. The molecule has 0 aliphatic heterocycles. The Bertz CT molecular complexity index is 826. The van der Waals surface area contributed by atoms with Crippen molar-refractivity contribution in [1.82, 2.24) is 19.9 Å². The van der Waals surface area contributed by atoms with Crippen molar-refractivity contribution < 1.29 is 4.79 Å². The van der Waals surface area contributed by atoms with Gasteiger partial charge in [-0.25, -0.2) is 4.98 Å². The summed E-state index contributed by atoms with van der Waals surface area (Å²) in [7, 11) is 0. The van der Waals surface area contributed by atoms with Gasteiger partial charge >= 0.3 is 0 Å². The highest BCUT2D eigenvalue weighted by Crippen LogP contribution is 2.24. The van der Waals surface area contributed by atoms with Gasteiger partial charge in [0, 0.05) is 25.4 Å². The Balaban J connectivity index is 1.87. The van der Waals surface area contributed by atoms with Gasteiger partial charge in [0.2, 0.25) is 5.91 Å². The van der Waals surface area contributed by atoms with Gasteiger partial charge in [-0.1, -0.05) is 32.0 Å². The number of aryl methyl sites for hydroxylation is 1. The highest BCUT2D eigenvalue weighted by atomic mass is 16.2. The lowest BCUT2D eigenvalue weighted by Gasteiger charge is -2.19. The molecule has 5 nitrogen and oxygen atoms in total. The number of amides is 1. The summed E-state index contributed by atoms with van der Waals surface area (Å²) in [5.41, 5.74) is 2.94. The van der Waals surface area contributed by atoms with Crippen molar-refractivity contribution >= 4 is 16.9 Å². The monoisotopic (exact) mass is 322 g/mol. The van der Waals surface area contributed by atoms with E-state index in [2.05, 4.69) is 26.8 Å². The Morgan fingerprint density at radius 2 is 2.04 bits per heavy atom. The largest absolute Gasteiger partial charge is 0.350 e. The molecule has 124 valence electrons. The Kier molecular flexibility index (Phi) is 4.89. The van der Waals surface area contributed by atoms with Crippen molar-refractivity contribution in [2.45, 2.75) is 39.3 Å². The molecule has 2 aromatic heterocycles. The molecule has 0 bridgehead atoms. The molecule has 1 aromatic carbocycles. The molecule has 1 N–H and O–H groups in total. The van der Waals surface area contributed by atoms with E-state index in [1.165, 1.54) is 0 Å². The number of hydrogen-bond donors (Lipinski definition) is 1. The third-order valence-electron chi connectivity index (χ3n) is 4.18. The summed E-state index contributed by atoms with van der Waals surface area (Å²) in [4.78, 5) is 21.5. The van der Waals surface area contributed by atoms with Gasteiger partial charge in [0.05, 0.1) is 11.0 Å². The van der Waals surface area contributed by atoms with E-state index in [4.69, 9.17) is 0 Å². The summed E-state index contributed by atoms with van der Waals surface area (Å²) in [5, 5.41) is 3.03.